The second-order valence-electron chi connectivity index (χ2n) is 4.94. The van der Waals surface area contributed by atoms with E-state index in [2.05, 4.69) is 4.98 Å². The van der Waals surface area contributed by atoms with Gasteiger partial charge < -0.3 is 25.5 Å². The van der Waals surface area contributed by atoms with Gasteiger partial charge in [0, 0.05) is 36.5 Å². The Kier molecular flexibility index (Phi) is 3.15. The van der Waals surface area contributed by atoms with Crippen LogP contribution in [0.4, 0.5) is 0 Å². The molecule has 0 aliphatic carbocycles. The number of aromatic nitrogens is 2. The van der Waals surface area contributed by atoms with Crippen molar-refractivity contribution in [3.63, 3.8) is 0 Å². The van der Waals surface area contributed by atoms with Crippen molar-refractivity contribution >= 4 is 16.9 Å². The molecule has 0 saturated carbocycles. The number of carbonyl (C=O) groups is 1. The maximum Gasteiger partial charge on any atom is 0.320 e. The first-order valence-corrected chi connectivity index (χ1v) is 6.51. The molecule has 21 heavy (non-hydrogen) atoms. The van der Waals surface area contributed by atoms with E-state index in [4.69, 9.17) is 10.8 Å². The maximum absolute atomic E-state index is 10.9. The largest absolute Gasteiger partial charge is 0.508 e. The highest BCUT2D eigenvalue weighted by Gasteiger charge is 2.17. The second kappa shape index (κ2) is 4.99. The van der Waals surface area contributed by atoms with Crippen molar-refractivity contribution in [2.24, 2.45) is 5.73 Å². The number of H-pyrrole nitrogens is 1. The molecule has 2 aromatic heterocycles. The van der Waals surface area contributed by atoms with Crippen LogP contribution in [0.5, 0.6) is 5.75 Å². The van der Waals surface area contributed by atoms with Crippen molar-refractivity contribution in [1.82, 2.24) is 9.55 Å². The summed E-state index contributed by atoms with van der Waals surface area (Å²) in [5.74, 6) is -0.925. The average Bonchev–Trinajstić information content (AvgIpc) is 3.08. The van der Waals surface area contributed by atoms with Crippen LogP contribution in [0.25, 0.3) is 16.6 Å². The lowest BCUT2D eigenvalue weighted by molar-refractivity contribution is -0.138. The number of rotatable bonds is 4. The number of nitrogens with zero attached hydrogens (tertiary/aromatic N) is 1. The number of nitrogens with one attached hydrogen (secondary N) is 1. The van der Waals surface area contributed by atoms with Crippen molar-refractivity contribution in [2.45, 2.75) is 12.5 Å². The molecule has 6 heteroatoms. The number of phenolic OH excluding ortho intramolecular Hbond substituents is 1. The molecular formula is C15H15N3O3. The van der Waals surface area contributed by atoms with Crippen molar-refractivity contribution in [3.05, 3.63) is 48.4 Å². The van der Waals surface area contributed by atoms with Gasteiger partial charge in [0.2, 0.25) is 0 Å². The van der Waals surface area contributed by atoms with Crippen LogP contribution in [0, 0.1) is 0 Å². The van der Waals surface area contributed by atoms with Crippen molar-refractivity contribution in [3.8, 4) is 11.4 Å². The fraction of sp³-hybridized carbons (Fsp3) is 0.133. The Morgan fingerprint density at radius 2 is 2.05 bits per heavy atom. The van der Waals surface area contributed by atoms with Crippen molar-refractivity contribution in [2.75, 3.05) is 0 Å². The first kappa shape index (κ1) is 13.3. The standard InChI is InChI=1S/C15H15N3O3/c16-12(15(20)21)5-9-8-17-14-11(9)6-10(19)7-13(14)18-3-1-2-4-18/h1-4,6-8,12,17,19H,5,16H2,(H,20,21). The Hall–Kier alpha value is -2.73. The smallest absolute Gasteiger partial charge is 0.320 e. The zero-order chi connectivity index (χ0) is 15.0. The number of hydrogen-bond donors (Lipinski definition) is 4. The summed E-state index contributed by atoms with van der Waals surface area (Å²) in [6.45, 7) is 0. The summed E-state index contributed by atoms with van der Waals surface area (Å²) in [7, 11) is 0. The number of hydrogen-bond acceptors (Lipinski definition) is 3. The van der Waals surface area contributed by atoms with Gasteiger partial charge in [-0.15, -0.1) is 0 Å². The number of phenols is 1. The number of nitrogens with two attached hydrogens (primary N) is 1. The summed E-state index contributed by atoms with van der Waals surface area (Å²) in [5.41, 5.74) is 7.98. The SMILES string of the molecule is NC(Cc1c[nH]c2c(-n3cccc3)cc(O)cc12)C(=O)O. The molecule has 0 spiro atoms. The van der Waals surface area contributed by atoms with Gasteiger partial charge in [0.05, 0.1) is 11.2 Å². The van der Waals surface area contributed by atoms with Crippen molar-refractivity contribution < 1.29 is 15.0 Å². The van der Waals surface area contributed by atoms with E-state index in [0.717, 1.165) is 22.2 Å². The van der Waals surface area contributed by atoms with Crippen LogP contribution in [-0.4, -0.2) is 31.8 Å². The molecule has 6 nitrogen and oxygen atoms in total. The van der Waals surface area contributed by atoms with Gasteiger partial charge in [0.15, 0.2) is 0 Å². The molecule has 0 aliphatic rings. The maximum atomic E-state index is 10.9. The average molecular weight is 285 g/mol. The Morgan fingerprint density at radius 3 is 2.71 bits per heavy atom. The summed E-state index contributed by atoms with van der Waals surface area (Å²) in [5, 5.41) is 19.6. The van der Waals surface area contributed by atoms with E-state index in [1.807, 2.05) is 29.1 Å². The Balaban J connectivity index is 2.12. The van der Waals surface area contributed by atoms with Gasteiger partial charge in [-0.25, -0.2) is 0 Å². The van der Waals surface area contributed by atoms with Gasteiger partial charge >= 0.3 is 5.97 Å². The molecule has 0 amide bonds. The first-order chi connectivity index (χ1) is 10.1. The molecule has 1 atom stereocenters. The van der Waals surface area contributed by atoms with Crippen LogP contribution < -0.4 is 5.73 Å². The molecule has 2 heterocycles. The Labute approximate surface area is 120 Å². The minimum Gasteiger partial charge on any atom is -0.508 e. The zero-order valence-electron chi connectivity index (χ0n) is 11.2. The summed E-state index contributed by atoms with van der Waals surface area (Å²) in [6.07, 6.45) is 5.68. The molecule has 1 aromatic carbocycles. The minimum absolute atomic E-state index is 0.121. The Morgan fingerprint density at radius 1 is 1.33 bits per heavy atom. The van der Waals surface area contributed by atoms with Crippen LogP contribution in [0.2, 0.25) is 0 Å². The number of aromatic amines is 1. The van der Waals surface area contributed by atoms with E-state index < -0.39 is 12.0 Å². The number of carboxylic acids is 1. The van der Waals surface area contributed by atoms with Crippen LogP contribution in [0.3, 0.4) is 0 Å². The number of carboxylic acid groups (broad SMARTS) is 1. The fourth-order valence-electron chi connectivity index (χ4n) is 2.45. The highest BCUT2D eigenvalue weighted by atomic mass is 16.4. The third-order valence-corrected chi connectivity index (χ3v) is 3.48. The first-order valence-electron chi connectivity index (χ1n) is 6.51. The van der Waals surface area contributed by atoms with E-state index in [9.17, 15) is 9.90 Å². The third-order valence-electron chi connectivity index (χ3n) is 3.48. The predicted octanol–water partition coefficient (Wildman–Crippen LogP) is 1.62. The topological polar surface area (TPSA) is 104 Å². The van der Waals surface area contributed by atoms with Crippen molar-refractivity contribution in [1.29, 1.82) is 0 Å². The van der Waals surface area contributed by atoms with Gasteiger partial charge in [-0.3, -0.25) is 4.79 Å². The van der Waals surface area contributed by atoms with Gasteiger partial charge in [0.1, 0.15) is 11.8 Å². The molecule has 3 aromatic rings. The molecule has 1 unspecified atom stereocenters. The normalized spacial score (nSPS) is 12.6. The van der Waals surface area contributed by atoms with Gasteiger partial charge in [-0.1, -0.05) is 0 Å². The summed E-state index contributed by atoms with van der Waals surface area (Å²) in [6, 6.07) is 6.07. The zero-order valence-corrected chi connectivity index (χ0v) is 11.2. The molecule has 5 N–H and O–H groups in total. The van der Waals surface area contributed by atoms with Gasteiger partial charge in [0.25, 0.3) is 0 Å². The molecule has 0 radical (unpaired) electrons. The van der Waals surface area contributed by atoms with E-state index in [-0.39, 0.29) is 12.2 Å². The number of fused-ring (bicyclic) bond motifs is 1. The van der Waals surface area contributed by atoms with E-state index >= 15 is 0 Å². The van der Waals surface area contributed by atoms with Gasteiger partial charge in [-0.2, -0.15) is 0 Å². The minimum atomic E-state index is -1.05. The lowest BCUT2D eigenvalue weighted by atomic mass is 10.0. The number of aliphatic carboxylic acids is 1. The third kappa shape index (κ3) is 2.36. The summed E-state index contributed by atoms with van der Waals surface area (Å²) < 4.78 is 1.87. The second-order valence-corrected chi connectivity index (χ2v) is 4.94. The van der Waals surface area contributed by atoms with E-state index in [1.54, 1.807) is 18.3 Å². The van der Waals surface area contributed by atoms with E-state index in [0.29, 0.717) is 0 Å². The Bertz CT molecular complexity index is 790. The quantitative estimate of drug-likeness (QED) is 0.584. The highest BCUT2D eigenvalue weighted by Crippen LogP contribution is 2.30. The predicted molar refractivity (Wildman–Crippen MR) is 78.6 cm³/mol. The van der Waals surface area contributed by atoms with Crippen LogP contribution >= 0.6 is 0 Å². The monoisotopic (exact) mass is 285 g/mol. The van der Waals surface area contributed by atoms with Crippen LogP contribution in [0.15, 0.2) is 42.9 Å². The van der Waals surface area contributed by atoms with Crippen LogP contribution in [-0.2, 0) is 11.2 Å². The molecule has 0 aliphatic heterocycles. The number of benzene rings is 1. The summed E-state index contributed by atoms with van der Waals surface area (Å²) in [4.78, 5) is 14.0. The molecule has 0 fully saturated rings. The lowest BCUT2D eigenvalue weighted by Crippen LogP contribution is -2.32. The van der Waals surface area contributed by atoms with Gasteiger partial charge in [-0.05, 0) is 23.8 Å². The molecule has 108 valence electrons. The highest BCUT2D eigenvalue weighted by molar-refractivity contribution is 5.92. The molecular weight excluding hydrogens is 270 g/mol. The van der Waals surface area contributed by atoms with Crippen LogP contribution in [0.1, 0.15) is 5.56 Å². The molecule has 3 rings (SSSR count). The fourth-order valence-corrected chi connectivity index (χ4v) is 2.45. The molecule has 0 saturated heterocycles. The summed E-state index contributed by atoms with van der Waals surface area (Å²) >= 11 is 0. The van der Waals surface area contributed by atoms with E-state index in [1.165, 1.54) is 0 Å². The number of aromatic hydroxyl groups is 1. The molecule has 0 bridgehead atoms. The lowest BCUT2D eigenvalue weighted by Gasteiger charge is -2.08.